The largest absolute Gasteiger partial charge is 0.345 e. The Balaban J connectivity index is 1.92. The highest BCUT2D eigenvalue weighted by Gasteiger charge is 2.09. The van der Waals surface area contributed by atoms with Crippen LogP contribution in [0.3, 0.4) is 0 Å². The second kappa shape index (κ2) is 4.27. The lowest BCUT2D eigenvalue weighted by Gasteiger charge is -2.00. The summed E-state index contributed by atoms with van der Waals surface area (Å²) in [7, 11) is 0. The molecule has 0 radical (unpaired) electrons. The van der Waals surface area contributed by atoms with E-state index >= 15 is 0 Å². The molecule has 7 nitrogen and oxygen atoms in total. The molecule has 0 fully saturated rings. The quantitative estimate of drug-likeness (QED) is 0.704. The first-order valence-corrected chi connectivity index (χ1v) is 4.27. The number of hydrogen-bond acceptors (Lipinski definition) is 5. The fraction of sp³-hybridized carbons (Fsp3) is 0.125. The molecule has 0 aromatic carbocycles. The van der Waals surface area contributed by atoms with Gasteiger partial charge in [0.05, 0.1) is 0 Å². The van der Waals surface area contributed by atoms with Crippen LogP contribution in [0.4, 0.5) is 0 Å². The van der Waals surface area contributed by atoms with Crippen molar-refractivity contribution in [2.24, 2.45) is 0 Å². The van der Waals surface area contributed by atoms with Crippen LogP contribution >= 0.6 is 0 Å². The molecule has 0 unspecified atom stereocenters. The summed E-state index contributed by atoms with van der Waals surface area (Å²) in [6.07, 6.45) is 3.35. The average Bonchev–Trinajstić information content (AvgIpc) is 2.81. The van der Waals surface area contributed by atoms with Gasteiger partial charge in [0.1, 0.15) is 0 Å². The third-order valence-electron chi connectivity index (χ3n) is 1.72. The smallest absolute Gasteiger partial charge is 0.293 e. The van der Waals surface area contributed by atoms with Crippen molar-refractivity contribution in [3.8, 4) is 0 Å². The van der Waals surface area contributed by atoms with Crippen LogP contribution in [0.2, 0.25) is 0 Å². The highest BCUT2D eigenvalue weighted by atomic mass is 16.2. The minimum absolute atomic E-state index is 0.0268. The lowest BCUT2D eigenvalue weighted by Crippen LogP contribution is -2.24. The van der Waals surface area contributed by atoms with Crippen LogP contribution in [-0.4, -0.2) is 31.5 Å². The van der Waals surface area contributed by atoms with E-state index in [1.807, 2.05) is 6.07 Å². The molecular formula is C8H8N6O. The molecule has 76 valence electrons. The van der Waals surface area contributed by atoms with E-state index in [9.17, 15) is 4.79 Å². The van der Waals surface area contributed by atoms with Gasteiger partial charge in [-0.3, -0.25) is 9.78 Å². The van der Waals surface area contributed by atoms with Crippen molar-refractivity contribution in [1.82, 2.24) is 30.9 Å². The first-order chi connectivity index (χ1) is 7.36. The number of nitrogens with one attached hydrogen (secondary N) is 2. The van der Waals surface area contributed by atoms with Crippen molar-refractivity contribution >= 4 is 5.91 Å². The van der Waals surface area contributed by atoms with Crippen LogP contribution in [0.25, 0.3) is 0 Å². The Morgan fingerprint density at radius 3 is 3.13 bits per heavy atom. The molecular weight excluding hydrogens is 196 g/mol. The second-order valence-corrected chi connectivity index (χ2v) is 2.78. The fourth-order valence-corrected chi connectivity index (χ4v) is 1.02. The van der Waals surface area contributed by atoms with E-state index in [4.69, 9.17) is 0 Å². The van der Waals surface area contributed by atoms with Gasteiger partial charge in [0.25, 0.3) is 11.7 Å². The van der Waals surface area contributed by atoms with E-state index in [1.165, 1.54) is 0 Å². The summed E-state index contributed by atoms with van der Waals surface area (Å²) in [4.78, 5) is 15.3. The van der Waals surface area contributed by atoms with Crippen molar-refractivity contribution < 1.29 is 4.79 Å². The average molecular weight is 204 g/mol. The zero-order valence-corrected chi connectivity index (χ0v) is 7.71. The van der Waals surface area contributed by atoms with E-state index in [1.54, 1.807) is 18.5 Å². The van der Waals surface area contributed by atoms with Gasteiger partial charge in [0.15, 0.2) is 0 Å². The van der Waals surface area contributed by atoms with Crippen LogP contribution in [0.5, 0.6) is 0 Å². The van der Waals surface area contributed by atoms with Crippen LogP contribution in [0.15, 0.2) is 24.5 Å². The van der Waals surface area contributed by atoms with Gasteiger partial charge in [0.2, 0.25) is 0 Å². The molecule has 0 aliphatic heterocycles. The number of carbonyl (C=O) groups is 1. The summed E-state index contributed by atoms with van der Waals surface area (Å²) >= 11 is 0. The van der Waals surface area contributed by atoms with Crippen LogP contribution in [-0.2, 0) is 6.54 Å². The molecule has 0 saturated carbocycles. The molecule has 2 aromatic heterocycles. The highest BCUT2D eigenvalue weighted by Crippen LogP contribution is 1.94. The Morgan fingerprint density at radius 2 is 2.47 bits per heavy atom. The molecule has 0 saturated heterocycles. The number of H-pyrrole nitrogens is 1. The standard InChI is InChI=1S/C8H8N6O/c15-8(7-11-13-14-12-7)10-5-6-2-1-3-9-4-6/h1-4H,5H2,(H,10,15)(H,11,12,13,14). The first kappa shape index (κ1) is 9.25. The predicted molar refractivity (Wildman–Crippen MR) is 49.6 cm³/mol. The molecule has 0 aliphatic carbocycles. The number of rotatable bonds is 3. The van der Waals surface area contributed by atoms with E-state index in [-0.39, 0.29) is 11.7 Å². The zero-order chi connectivity index (χ0) is 10.5. The Labute approximate surface area is 84.9 Å². The van der Waals surface area contributed by atoms with Gasteiger partial charge in [-0.2, -0.15) is 5.21 Å². The van der Waals surface area contributed by atoms with Gasteiger partial charge in [0, 0.05) is 18.9 Å². The summed E-state index contributed by atoms with van der Waals surface area (Å²) in [5, 5.41) is 15.2. The maximum Gasteiger partial charge on any atom is 0.293 e. The molecule has 0 bridgehead atoms. The number of carbonyl (C=O) groups excluding carboxylic acids is 1. The third kappa shape index (κ3) is 2.33. The second-order valence-electron chi connectivity index (χ2n) is 2.78. The van der Waals surface area contributed by atoms with Crippen LogP contribution in [0.1, 0.15) is 16.2 Å². The van der Waals surface area contributed by atoms with E-state index < -0.39 is 0 Å². The maximum atomic E-state index is 11.4. The van der Waals surface area contributed by atoms with Crippen LogP contribution < -0.4 is 5.32 Å². The molecule has 7 heteroatoms. The molecule has 2 rings (SSSR count). The normalized spacial score (nSPS) is 9.87. The van der Waals surface area contributed by atoms with E-state index in [0.717, 1.165) is 5.56 Å². The summed E-state index contributed by atoms with van der Waals surface area (Å²) in [6.45, 7) is 0.390. The summed E-state index contributed by atoms with van der Waals surface area (Å²) in [5.74, 6) is -0.341. The van der Waals surface area contributed by atoms with Crippen LogP contribution in [0, 0.1) is 0 Å². The Hall–Kier alpha value is -2.31. The SMILES string of the molecule is O=C(NCc1cccnc1)c1nn[nH]n1. The Bertz CT molecular complexity index is 426. The Morgan fingerprint density at radius 1 is 1.53 bits per heavy atom. The molecule has 1 amide bonds. The summed E-state index contributed by atoms with van der Waals surface area (Å²) < 4.78 is 0. The highest BCUT2D eigenvalue weighted by molar-refractivity contribution is 5.89. The molecule has 2 aromatic rings. The van der Waals surface area contributed by atoms with Crippen molar-refractivity contribution in [2.75, 3.05) is 0 Å². The van der Waals surface area contributed by atoms with Gasteiger partial charge < -0.3 is 5.32 Å². The maximum absolute atomic E-state index is 11.4. The van der Waals surface area contributed by atoms with E-state index in [0.29, 0.717) is 6.54 Å². The van der Waals surface area contributed by atoms with Crippen molar-refractivity contribution in [3.05, 3.63) is 35.9 Å². The summed E-state index contributed by atoms with van der Waals surface area (Å²) in [6, 6.07) is 3.67. The minimum atomic E-state index is -0.368. The fourth-order valence-electron chi connectivity index (χ4n) is 1.02. The lowest BCUT2D eigenvalue weighted by atomic mass is 10.3. The van der Waals surface area contributed by atoms with Gasteiger partial charge in [-0.05, 0) is 16.8 Å². The molecule has 2 heterocycles. The molecule has 2 N–H and O–H groups in total. The van der Waals surface area contributed by atoms with Gasteiger partial charge in [-0.15, -0.1) is 10.2 Å². The number of aromatic nitrogens is 5. The van der Waals surface area contributed by atoms with Crippen molar-refractivity contribution in [3.63, 3.8) is 0 Å². The van der Waals surface area contributed by atoms with Crippen molar-refractivity contribution in [1.29, 1.82) is 0 Å². The molecule has 0 spiro atoms. The lowest BCUT2D eigenvalue weighted by molar-refractivity contribution is 0.0940. The number of pyridine rings is 1. The third-order valence-corrected chi connectivity index (χ3v) is 1.72. The predicted octanol–water partition coefficient (Wildman–Crippen LogP) is -0.475. The topological polar surface area (TPSA) is 96.5 Å². The molecule has 0 atom stereocenters. The monoisotopic (exact) mass is 204 g/mol. The molecule has 15 heavy (non-hydrogen) atoms. The number of aromatic amines is 1. The number of amides is 1. The number of nitrogens with zero attached hydrogens (tertiary/aromatic N) is 4. The number of hydrogen-bond donors (Lipinski definition) is 2. The van der Waals surface area contributed by atoms with Crippen molar-refractivity contribution in [2.45, 2.75) is 6.54 Å². The van der Waals surface area contributed by atoms with Gasteiger partial charge in [-0.1, -0.05) is 6.07 Å². The minimum Gasteiger partial charge on any atom is -0.345 e. The van der Waals surface area contributed by atoms with Gasteiger partial charge in [-0.25, -0.2) is 0 Å². The van der Waals surface area contributed by atoms with Gasteiger partial charge >= 0.3 is 0 Å². The first-order valence-electron chi connectivity index (χ1n) is 4.27. The number of tetrazole rings is 1. The Kier molecular flexibility index (Phi) is 2.63. The molecule has 0 aliphatic rings. The van der Waals surface area contributed by atoms with E-state index in [2.05, 4.69) is 30.9 Å². The summed E-state index contributed by atoms with van der Waals surface area (Å²) in [5.41, 5.74) is 0.911. The zero-order valence-electron chi connectivity index (χ0n) is 7.71.